The van der Waals surface area contributed by atoms with Gasteiger partial charge in [-0.25, -0.2) is 0 Å². The predicted molar refractivity (Wildman–Crippen MR) is 80.1 cm³/mol. The van der Waals surface area contributed by atoms with Gasteiger partial charge in [0.1, 0.15) is 6.29 Å². The van der Waals surface area contributed by atoms with Gasteiger partial charge in [0.25, 0.3) is 0 Å². The number of carbonyl (C=O) groups excluding carboxylic acids is 1. The van der Waals surface area contributed by atoms with E-state index in [9.17, 15) is 4.79 Å². The smallest absolute Gasteiger partial charge is 0.150 e. The van der Waals surface area contributed by atoms with E-state index in [4.69, 9.17) is 0 Å². The van der Waals surface area contributed by atoms with Gasteiger partial charge in [-0.2, -0.15) is 0 Å². The first-order valence-electron chi connectivity index (χ1n) is 6.47. The summed E-state index contributed by atoms with van der Waals surface area (Å²) >= 11 is 0. The van der Waals surface area contributed by atoms with Crippen molar-refractivity contribution in [2.75, 3.05) is 0 Å². The number of aryl methyl sites for hydroxylation is 2. The Kier molecular flexibility index (Phi) is 4.30. The molecule has 2 aromatic carbocycles. The molecule has 0 radical (unpaired) electrons. The minimum Gasteiger partial charge on any atom is -0.298 e. The van der Waals surface area contributed by atoms with E-state index >= 15 is 0 Å². The topological polar surface area (TPSA) is 17.1 Å². The molecule has 2 aromatic rings. The first kappa shape index (κ1) is 13.3. The highest BCUT2D eigenvalue weighted by Gasteiger charge is 2.00. The van der Waals surface area contributed by atoms with Gasteiger partial charge in [0, 0.05) is 5.57 Å². The lowest BCUT2D eigenvalue weighted by atomic mass is 10.0. The molecule has 0 unspecified atom stereocenters. The summed E-state index contributed by atoms with van der Waals surface area (Å²) in [5.41, 5.74) is 5.40. The molecule has 0 spiro atoms. The van der Waals surface area contributed by atoms with E-state index < -0.39 is 0 Å². The minimum atomic E-state index is 0.751. The van der Waals surface area contributed by atoms with Crippen molar-refractivity contribution in [2.45, 2.75) is 20.3 Å². The van der Waals surface area contributed by atoms with Crippen molar-refractivity contribution < 1.29 is 4.79 Å². The molecule has 0 atom stereocenters. The van der Waals surface area contributed by atoms with Crippen molar-refractivity contribution >= 4 is 11.9 Å². The van der Waals surface area contributed by atoms with Crippen LogP contribution in [0.5, 0.6) is 0 Å². The maximum absolute atomic E-state index is 11.2. The van der Waals surface area contributed by atoms with E-state index in [1.807, 2.05) is 37.3 Å². The van der Waals surface area contributed by atoms with Crippen molar-refractivity contribution in [3.8, 4) is 0 Å². The lowest BCUT2D eigenvalue weighted by Gasteiger charge is -2.02. The van der Waals surface area contributed by atoms with Gasteiger partial charge in [-0.05, 0) is 31.4 Å². The minimum absolute atomic E-state index is 0.751. The Balaban J connectivity index is 2.17. The van der Waals surface area contributed by atoms with Crippen LogP contribution in [0.2, 0.25) is 0 Å². The standard InChI is InChI=1S/C18H18O/c1-14-3-7-16(8-4-14)9-12-18(13-19)17-10-5-15(2)6-11-17/h3-8,10-13H,9H2,1-2H3. The summed E-state index contributed by atoms with van der Waals surface area (Å²) in [4.78, 5) is 11.2. The monoisotopic (exact) mass is 250 g/mol. The van der Waals surface area contributed by atoms with E-state index in [2.05, 4.69) is 31.2 Å². The van der Waals surface area contributed by atoms with E-state index in [0.717, 1.165) is 23.8 Å². The number of hydrogen-bond donors (Lipinski definition) is 0. The third-order valence-electron chi connectivity index (χ3n) is 3.19. The second kappa shape index (κ2) is 6.14. The Morgan fingerprint density at radius 2 is 1.42 bits per heavy atom. The molecule has 2 rings (SSSR count). The summed E-state index contributed by atoms with van der Waals surface area (Å²) in [6.07, 6.45) is 3.70. The Hall–Kier alpha value is -2.15. The Bertz CT molecular complexity index is 574. The van der Waals surface area contributed by atoms with E-state index in [1.165, 1.54) is 16.7 Å². The SMILES string of the molecule is Cc1ccc(CC=C(C=O)c2ccc(C)cc2)cc1. The van der Waals surface area contributed by atoms with Gasteiger partial charge in [-0.3, -0.25) is 4.79 Å². The van der Waals surface area contributed by atoms with Gasteiger partial charge in [0.05, 0.1) is 0 Å². The average Bonchev–Trinajstić information content (AvgIpc) is 2.43. The van der Waals surface area contributed by atoms with Crippen molar-refractivity contribution in [1.29, 1.82) is 0 Å². The van der Waals surface area contributed by atoms with Gasteiger partial charge >= 0.3 is 0 Å². The second-order valence-electron chi connectivity index (χ2n) is 4.83. The zero-order valence-electron chi connectivity index (χ0n) is 11.4. The molecule has 0 fully saturated rings. The van der Waals surface area contributed by atoms with Gasteiger partial charge in [-0.15, -0.1) is 0 Å². The first-order valence-corrected chi connectivity index (χ1v) is 6.47. The van der Waals surface area contributed by atoms with E-state index in [1.54, 1.807) is 0 Å². The maximum Gasteiger partial charge on any atom is 0.150 e. The van der Waals surface area contributed by atoms with Crippen molar-refractivity contribution in [2.24, 2.45) is 0 Å². The number of carbonyl (C=O) groups is 1. The van der Waals surface area contributed by atoms with Crippen molar-refractivity contribution in [1.82, 2.24) is 0 Å². The molecular formula is C18H18O. The molecule has 1 nitrogen and oxygen atoms in total. The number of hydrogen-bond acceptors (Lipinski definition) is 1. The van der Waals surface area contributed by atoms with Gasteiger partial charge in [-0.1, -0.05) is 65.7 Å². The summed E-state index contributed by atoms with van der Waals surface area (Å²) in [5, 5.41) is 0. The van der Waals surface area contributed by atoms with Crippen molar-refractivity contribution in [3.05, 3.63) is 76.9 Å². The van der Waals surface area contributed by atoms with Crippen LogP contribution in [-0.2, 0) is 11.2 Å². The molecule has 0 saturated heterocycles. The zero-order chi connectivity index (χ0) is 13.7. The van der Waals surface area contributed by atoms with Crippen LogP contribution in [0.4, 0.5) is 0 Å². The Morgan fingerprint density at radius 3 is 1.95 bits per heavy atom. The third kappa shape index (κ3) is 3.65. The van der Waals surface area contributed by atoms with Crippen molar-refractivity contribution in [3.63, 3.8) is 0 Å². The molecule has 0 heterocycles. The highest BCUT2D eigenvalue weighted by molar-refractivity contribution is 6.06. The molecule has 0 aromatic heterocycles. The van der Waals surface area contributed by atoms with Crippen LogP contribution in [0.1, 0.15) is 22.3 Å². The average molecular weight is 250 g/mol. The van der Waals surface area contributed by atoms with E-state index in [0.29, 0.717) is 0 Å². The first-order chi connectivity index (χ1) is 9.19. The van der Waals surface area contributed by atoms with Crippen LogP contribution in [0, 0.1) is 13.8 Å². The molecule has 0 aliphatic carbocycles. The number of rotatable bonds is 4. The zero-order valence-corrected chi connectivity index (χ0v) is 11.4. The summed E-state index contributed by atoms with van der Waals surface area (Å²) in [6.45, 7) is 4.11. The lowest BCUT2D eigenvalue weighted by Crippen LogP contribution is -1.89. The Morgan fingerprint density at radius 1 is 0.895 bits per heavy atom. The molecule has 0 saturated carbocycles. The third-order valence-corrected chi connectivity index (χ3v) is 3.19. The van der Waals surface area contributed by atoms with Crippen LogP contribution in [0.25, 0.3) is 5.57 Å². The molecule has 96 valence electrons. The molecule has 0 aliphatic rings. The van der Waals surface area contributed by atoms with Crippen LogP contribution < -0.4 is 0 Å². The van der Waals surface area contributed by atoms with Crippen LogP contribution in [0.15, 0.2) is 54.6 Å². The Labute approximate surface area is 114 Å². The molecule has 0 amide bonds. The molecule has 19 heavy (non-hydrogen) atoms. The second-order valence-corrected chi connectivity index (χ2v) is 4.83. The summed E-state index contributed by atoms with van der Waals surface area (Å²) in [5.74, 6) is 0. The quantitative estimate of drug-likeness (QED) is 0.589. The maximum atomic E-state index is 11.2. The highest BCUT2D eigenvalue weighted by Crippen LogP contribution is 2.15. The lowest BCUT2D eigenvalue weighted by molar-refractivity contribution is -0.103. The fraction of sp³-hybridized carbons (Fsp3) is 0.167. The van der Waals surface area contributed by atoms with Gasteiger partial charge in [0.15, 0.2) is 0 Å². The van der Waals surface area contributed by atoms with Gasteiger partial charge in [0.2, 0.25) is 0 Å². The largest absolute Gasteiger partial charge is 0.298 e. The number of benzene rings is 2. The van der Waals surface area contributed by atoms with Crippen LogP contribution >= 0.6 is 0 Å². The number of aldehydes is 1. The van der Waals surface area contributed by atoms with Crippen LogP contribution in [-0.4, -0.2) is 6.29 Å². The molecule has 0 bridgehead atoms. The molecule has 0 N–H and O–H groups in total. The molecular weight excluding hydrogens is 232 g/mol. The summed E-state index contributed by atoms with van der Waals surface area (Å²) < 4.78 is 0. The number of allylic oxidation sites excluding steroid dienone is 2. The normalized spacial score (nSPS) is 11.4. The summed E-state index contributed by atoms with van der Waals surface area (Å²) in [7, 11) is 0. The highest BCUT2D eigenvalue weighted by atomic mass is 16.1. The predicted octanol–water partition coefficient (Wildman–Crippen LogP) is 4.13. The molecule has 1 heteroatoms. The van der Waals surface area contributed by atoms with Gasteiger partial charge < -0.3 is 0 Å². The molecule has 0 aliphatic heterocycles. The van der Waals surface area contributed by atoms with E-state index in [-0.39, 0.29) is 0 Å². The fourth-order valence-corrected chi connectivity index (χ4v) is 1.93. The summed E-state index contributed by atoms with van der Waals surface area (Å²) in [6, 6.07) is 16.4. The van der Waals surface area contributed by atoms with Crippen LogP contribution in [0.3, 0.4) is 0 Å². The fourth-order valence-electron chi connectivity index (χ4n) is 1.93.